The van der Waals surface area contributed by atoms with Crippen LogP contribution in [0.2, 0.25) is 0 Å². The Labute approximate surface area is 111 Å². The van der Waals surface area contributed by atoms with Crippen molar-refractivity contribution in [2.75, 3.05) is 6.61 Å². The fourth-order valence-corrected chi connectivity index (χ4v) is 2.20. The van der Waals surface area contributed by atoms with Gasteiger partial charge in [-0.15, -0.1) is 0 Å². The van der Waals surface area contributed by atoms with Gasteiger partial charge in [0, 0.05) is 0 Å². The number of hydrogen-bond donors (Lipinski definition) is 0. The molecule has 80 valence electrons. The van der Waals surface area contributed by atoms with Gasteiger partial charge < -0.3 is 0 Å². The third-order valence-corrected chi connectivity index (χ3v) is 3.36. The molecule has 0 aromatic carbocycles. The SMILES string of the molecule is CCOC(=O)C(=O)[CH-]C(=O)c1ccc[se]1.[Li+]. The summed E-state index contributed by atoms with van der Waals surface area (Å²) >= 11 is -0.0253. The first-order valence-corrected chi connectivity index (χ1v) is 6.13. The third kappa shape index (κ3) is 4.42. The van der Waals surface area contributed by atoms with Gasteiger partial charge >= 0.3 is 111 Å². The second kappa shape index (κ2) is 7.53. The molecular formula is C10H9LiO4Se. The van der Waals surface area contributed by atoms with E-state index >= 15 is 0 Å². The summed E-state index contributed by atoms with van der Waals surface area (Å²) < 4.78 is 5.03. The average molecular weight is 279 g/mol. The fourth-order valence-electron chi connectivity index (χ4n) is 0.870. The van der Waals surface area contributed by atoms with Gasteiger partial charge in [-0.3, -0.25) is 0 Å². The second-order valence-electron chi connectivity index (χ2n) is 2.57. The van der Waals surface area contributed by atoms with Crippen LogP contribution >= 0.6 is 0 Å². The van der Waals surface area contributed by atoms with E-state index in [-0.39, 0.29) is 40.0 Å². The van der Waals surface area contributed by atoms with Crippen LogP contribution in [0.1, 0.15) is 16.2 Å². The minimum absolute atomic E-state index is 0. The summed E-state index contributed by atoms with van der Waals surface area (Å²) in [5.41, 5.74) is 0. The molecule has 1 aromatic heterocycles. The normalized spacial score (nSPS) is 8.81. The topological polar surface area (TPSA) is 60.4 Å². The molecule has 0 aliphatic heterocycles. The minimum atomic E-state index is -0.982. The largest absolute Gasteiger partial charge is 1.00 e. The minimum Gasteiger partial charge on any atom is 1.00 e. The molecule has 0 aliphatic carbocycles. The molecule has 0 aliphatic rings. The zero-order valence-corrected chi connectivity index (χ0v) is 10.8. The number of carbonyl (C=O) groups excluding carboxylic acids is 3. The molecule has 6 heteroatoms. The Morgan fingerprint density at radius 1 is 1.44 bits per heavy atom. The molecule has 0 atom stereocenters. The van der Waals surface area contributed by atoms with Gasteiger partial charge in [-0.1, -0.05) is 0 Å². The maximum atomic E-state index is 11.4. The number of ketones is 2. The molecule has 0 spiro atoms. The summed E-state index contributed by atoms with van der Waals surface area (Å²) in [5.74, 6) is -2.28. The molecule has 0 unspecified atom stereocenters. The summed E-state index contributed by atoms with van der Waals surface area (Å²) in [6, 6.07) is 3.41. The predicted octanol–water partition coefficient (Wildman–Crippen LogP) is -2.73. The summed E-state index contributed by atoms with van der Waals surface area (Å²) in [7, 11) is 0. The van der Waals surface area contributed by atoms with Crippen molar-refractivity contribution in [1.29, 1.82) is 0 Å². The van der Waals surface area contributed by atoms with E-state index in [2.05, 4.69) is 4.74 Å². The summed E-state index contributed by atoms with van der Waals surface area (Å²) in [4.78, 5) is 35.3. The monoisotopic (exact) mass is 280 g/mol. The van der Waals surface area contributed by atoms with E-state index in [0.717, 1.165) is 6.42 Å². The van der Waals surface area contributed by atoms with Crippen molar-refractivity contribution in [2.24, 2.45) is 0 Å². The number of hydrogen-bond acceptors (Lipinski definition) is 4. The van der Waals surface area contributed by atoms with E-state index in [1.807, 2.05) is 4.94 Å². The van der Waals surface area contributed by atoms with Crippen molar-refractivity contribution >= 4 is 32.0 Å². The summed E-state index contributed by atoms with van der Waals surface area (Å²) in [6.45, 7) is 1.72. The number of ether oxygens (including phenoxy) is 1. The molecular weight excluding hydrogens is 270 g/mol. The van der Waals surface area contributed by atoms with Crippen molar-refractivity contribution in [1.82, 2.24) is 0 Å². The third-order valence-electron chi connectivity index (χ3n) is 1.50. The van der Waals surface area contributed by atoms with Crippen LogP contribution < -0.4 is 18.9 Å². The molecule has 0 radical (unpaired) electrons. The van der Waals surface area contributed by atoms with Crippen molar-refractivity contribution in [3.05, 3.63) is 27.9 Å². The Hall–Kier alpha value is -0.723. The van der Waals surface area contributed by atoms with E-state index in [9.17, 15) is 14.4 Å². The predicted molar refractivity (Wildman–Crippen MR) is 53.7 cm³/mol. The number of rotatable bonds is 5. The molecule has 4 nitrogen and oxygen atoms in total. The van der Waals surface area contributed by atoms with Gasteiger partial charge in [0.1, 0.15) is 0 Å². The number of carbonyl (C=O) groups is 3. The molecule has 0 fully saturated rings. The smallest absolute Gasteiger partial charge is 1.00 e. The maximum absolute atomic E-state index is 11.4. The standard InChI is InChI=1S/C10H9O4Se.Li/c1-2-14-10(13)8(12)6-7(11)9-4-3-5-15-9;/h3-6H,2H2,1H3;/q-1;+1. The zero-order chi connectivity index (χ0) is 11.3. The maximum Gasteiger partial charge on any atom is 1.00 e. The van der Waals surface area contributed by atoms with Gasteiger partial charge in [0.15, 0.2) is 0 Å². The zero-order valence-electron chi connectivity index (χ0n) is 9.06. The Bertz CT molecular complexity index is 372. The fraction of sp³-hybridized carbons (Fsp3) is 0.200. The first-order valence-electron chi connectivity index (χ1n) is 4.28. The Morgan fingerprint density at radius 3 is 2.62 bits per heavy atom. The van der Waals surface area contributed by atoms with E-state index in [1.54, 1.807) is 19.1 Å². The van der Waals surface area contributed by atoms with E-state index in [4.69, 9.17) is 0 Å². The van der Waals surface area contributed by atoms with Crippen molar-refractivity contribution in [2.45, 2.75) is 6.92 Å². The van der Waals surface area contributed by atoms with Crippen LogP contribution in [0.4, 0.5) is 0 Å². The first-order chi connectivity index (χ1) is 7.15. The quantitative estimate of drug-likeness (QED) is 0.147. The number of esters is 1. The van der Waals surface area contributed by atoms with Crippen LogP contribution in [0.15, 0.2) is 17.1 Å². The van der Waals surface area contributed by atoms with Gasteiger partial charge in [0.2, 0.25) is 0 Å². The molecule has 0 amide bonds. The van der Waals surface area contributed by atoms with E-state index < -0.39 is 17.5 Å². The molecule has 1 rings (SSSR count). The van der Waals surface area contributed by atoms with Gasteiger partial charge in [-0.05, 0) is 0 Å². The van der Waals surface area contributed by atoms with Crippen LogP contribution in [0, 0.1) is 6.42 Å². The van der Waals surface area contributed by atoms with Crippen molar-refractivity contribution < 1.29 is 38.0 Å². The Kier molecular flexibility index (Phi) is 7.19. The van der Waals surface area contributed by atoms with Gasteiger partial charge in [0.05, 0.1) is 0 Å². The van der Waals surface area contributed by atoms with Crippen molar-refractivity contribution in [3.8, 4) is 0 Å². The van der Waals surface area contributed by atoms with E-state index in [1.165, 1.54) is 0 Å². The molecule has 0 saturated heterocycles. The average Bonchev–Trinajstić information content (AvgIpc) is 2.70. The number of Topliss-reactive ketones (excluding diaryl/α,β-unsaturated/α-hetero) is 2. The first kappa shape index (κ1) is 15.3. The molecule has 1 aromatic rings. The molecule has 0 N–H and O–H groups in total. The van der Waals surface area contributed by atoms with Crippen molar-refractivity contribution in [3.63, 3.8) is 0 Å². The summed E-state index contributed by atoms with van der Waals surface area (Å²) in [5, 5.41) is 0. The Morgan fingerprint density at radius 2 is 2.12 bits per heavy atom. The van der Waals surface area contributed by atoms with Crippen LogP contribution in [0.5, 0.6) is 0 Å². The molecule has 1 heterocycles. The summed E-state index contributed by atoms with van der Waals surface area (Å²) in [6.07, 6.45) is 0.790. The van der Waals surface area contributed by atoms with Crippen LogP contribution in [-0.4, -0.2) is 38.6 Å². The molecule has 16 heavy (non-hydrogen) atoms. The van der Waals surface area contributed by atoms with Gasteiger partial charge in [0.25, 0.3) is 0 Å². The molecule has 0 bridgehead atoms. The van der Waals surface area contributed by atoms with Crippen LogP contribution in [-0.2, 0) is 14.3 Å². The second-order valence-corrected chi connectivity index (χ2v) is 4.56. The van der Waals surface area contributed by atoms with Crippen LogP contribution in [0.3, 0.4) is 0 Å². The van der Waals surface area contributed by atoms with Crippen LogP contribution in [0.25, 0.3) is 0 Å². The van der Waals surface area contributed by atoms with E-state index in [0.29, 0.717) is 4.44 Å². The van der Waals surface area contributed by atoms with Gasteiger partial charge in [-0.2, -0.15) is 0 Å². The Balaban J connectivity index is 0.00000225. The van der Waals surface area contributed by atoms with Gasteiger partial charge in [-0.25, -0.2) is 0 Å². The molecule has 0 saturated carbocycles.